The monoisotopic (exact) mass is 403 g/mol. The first-order valence-corrected chi connectivity index (χ1v) is 9.79. The minimum Gasteiger partial charge on any atom is -0.493 e. The second kappa shape index (κ2) is 10.2. The van der Waals surface area contributed by atoms with Gasteiger partial charge in [-0.1, -0.05) is 36.9 Å². The van der Waals surface area contributed by atoms with Crippen LogP contribution in [0.15, 0.2) is 66.8 Å². The Kier molecular flexibility index (Phi) is 7.12. The minimum atomic E-state index is -0.254. The highest BCUT2D eigenvalue weighted by Crippen LogP contribution is 2.29. The van der Waals surface area contributed by atoms with Crippen LogP contribution in [0.4, 0.5) is 5.69 Å². The Labute approximate surface area is 177 Å². The smallest absolute Gasteiger partial charge is 0.264 e. The van der Waals surface area contributed by atoms with Crippen molar-refractivity contribution in [2.24, 2.45) is 0 Å². The van der Waals surface area contributed by atoms with Gasteiger partial charge in [-0.15, -0.1) is 0 Å². The number of nitriles is 1. The quantitative estimate of drug-likeness (QED) is 0.402. The molecule has 0 spiro atoms. The van der Waals surface area contributed by atoms with Gasteiger partial charge in [0, 0.05) is 31.9 Å². The molecule has 0 N–H and O–H groups in total. The SMILES string of the molecule is C=CCOc1ccc(/C=C(/C#N)C(=O)N2CCN(c3ccccc3)CC2)cc1OC. The summed E-state index contributed by atoms with van der Waals surface area (Å²) in [6.45, 7) is 6.61. The van der Waals surface area contributed by atoms with Gasteiger partial charge in [-0.2, -0.15) is 5.26 Å². The predicted octanol–water partition coefficient (Wildman–Crippen LogP) is 3.52. The maximum absolute atomic E-state index is 12.9. The summed E-state index contributed by atoms with van der Waals surface area (Å²) in [5.41, 5.74) is 1.95. The zero-order valence-electron chi connectivity index (χ0n) is 17.1. The van der Waals surface area contributed by atoms with E-state index >= 15 is 0 Å². The molecule has 1 amide bonds. The van der Waals surface area contributed by atoms with Crippen molar-refractivity contribution in [1.82, 2.24) is 4.90 Å². The number of rotatable bonds is 7. The van der Waals surface area contributed by atoms with Crippen molar-refractivity contribution >= 4 is 17.7 Å². The van der Waals surface area contributed by atoms with Crippen LogP contribution in [0, 0.1) is 11.3 Å². The second-order valence-corrected chi connectivity index (χ2v) is 6.79. The molecular weight excluding hydrogens is 378 g/mol. The van der Waals surface area contributed by atoms with Gasteiger partial charge in [0.1, 0.15) is 18.2 Å². The van der Waals surface area contributed by atoms with Crippen molar-refractivity contribution in [2.45, 2.75) is 0 Å². The van der Waals surface area contributed by atoms with E-state index in [0.29, 0.717) is 36.8 Å². The Morgan fingerprint density at radius 3 is 2.50 bits per heavy atom. The second-order valence-electron chi connectivity index (χ2n) is 6.79. The van der Waals surface area contributed by atoms with E-state index < -0.39 is 0 Å². The number of carbonyl (C=O) groups excluding carboxylic acids is 1. The third kappa shape index (κ3) is 5.00. The summed E-state index contributed by atoms with van der Waals surface area (Å²) >= 11 is 0. The summed E-state index contributed by atoms with van der Waals surface area (Å²) in [5.74, 6) is 0.861. The Balaban J connectivity index is 1.70. The topological polar surface area (TPSA) is 65.8 Å². The van der Waals surface area contributed by atoms with Crippen molar-refractivity contribution in [2.75, 3.05) is 44.8 Å². The molecule has 1 aliphatic rings. The van der Waals surface area contributed by atoms with E-state index in [1.165, 1.54) is 0 Å². The molecule has 6 nitrogen and oxygen atoms in total. The normalized spacial score (nSPS) is 14.1. The molecule has 1 heterocycles. The van der Waals surface area contributed by atoms with Gasteiger partial charge >= 0.3 is 0 Å². The molecule has 0 unspecified atom stereocenters. The van der Waals surface area contributed by atoms with E-state index in [1.807, 2.05) is 24.3 Å². The van der Waals surface area contributed by atoms with Crippen LogP contribution in [0.25, 0.3) is 6.08 Å². The average Bonchev–Trinajstić information content (AvgIpc) is 2.81. The first-order chi connectivity index (χ1) is 14.7. The largest absolute Gasteiger partial charge is 0.493 e. The van der Waals surface area contributed by atoms with Crippen LogP contribution in [0.3, 0.4) is 0 Å². The van der Waals surface area contributed by atoms with Crippen molar-refractivity contribution in [1.29, 1.82) is 5.26 Å². The molecule has 1 aliphatic heterocycles. The number of hydrogen-bond donors (Lipinski definition) is 0. The molecule has 0 saturated carbocycles. The summed E-state index contributed by atoms with van der Waals surface area (Å²) < 4.78 is 10.9. The van der Waals surface area contributed by atoms with Gasteiger partial charge in [0.05, 0.1) is 7.11 Å². The van der Waals surface area contributed by atoms with Crippen LogP contribution < -0.4 is 14.4 Å². The van der Waals surface area contributed by atoms with E-state index in [9.17, 15) is 10.1 Å². The van der Waals surface area contributed by atoms with E-state index in [4.69, 9.17) is 9.47 Å². The van der Waals surface area contributed by atoms with E-state index in [1.54, 1.807) is 42.4 Å². The fourth-order valence-electron chi connectivity index (χ4n) is 3.33. The molecule has 2 aromatic rings. The molecule has 0 aromatic heterocycles. The number of ether oxygens (including phenoxy) is 2. The predicted molar refractivity (Wildman–Crippen MR) is 118 cm³/mol. The average molecular weight is 403 g/mol. The van der Waals surface area contributed by atoms with Crippen LogP contribution >= 0.6 is 0 Å². The van der Waals surface area contributed by atoms with Crippen LogP contribution in [0.5, 0.6) is 11.5 Å². The van der Waals surface area contributed by atoms with Crippen molar-refractivity contribution in [3.05, 3.63) is 72.3 Å². The molecule has 2 aromatic carbocycles. The summed E-state index contributed by atoms with van der Waals surface area (Å²) in [6, 6.07) is 17.5. The molecule has 1 fully saturated rings. The third-order valence-corrected chi connectivity index (χ3v) is 4.89. The Hall–Kier alpha value is -3.72. The number of anilines is 1. The molecule has 0 radical (unpaired) electrons. The zero-order chi connectivity index (χ0) is 21.3. The highest BCUT2D eigenvalue weighted by molar-refractivity contribution is 6.01. The minimum absolute atomic E-state index is 0.102. The van der Waals surface area contributed by atoms with Gasteiger partial charge in [-0.05, 0) is 35.9 Å². The van der Waals surface area contributed by atoms with E-state index in [-0.39, 0.29) is 11.5 Å². The van der Waals surface area contributed by atoms with E-state index in [2.05, 4.69) is 23.6 Å². The van der Waals surface area contributed by atoms with Gasteiger partial charge in [0.15, 0.2) is 11.5 Å². The molecule has 6 heteroatoms. The van der Waals surface area contributed by atoms with Crippen molar-refractivity contribution in [3.8, 4) is 17.6 Å². The van der Waals surface area contributed by atoms with Gasteiger partial charge in [0.25, 0.3) is 5.91 Å². The number of nitrogens with zero attached hydrogens (tertiary/aromatic N) is 3. The Morgan fingerprint density at radius 2 is 1.87 bits per heavy atom. The third-order valence-electron chi connectivity index (χ3n) is 4.89. The summed E-state index contributed by atoms with van der Waals surface area (Å²) in [4.78, 5) is 16.9. The number of carbonyl (C=O) groups is 1. The molecule has 30 heavy (non-hydrogen) atoms. The van der Waals surface area contributed by atoms with Crippen molar-refractivity contribution in [3.63, 3.8) is 0 Å². The van der Waals surface area contributed by atoms with Crippen LogP contribution in [0.2, 0.25) is 0 Å². The fraction of sp³-hybridized carbons (Fsp3) is 0.250. The first kappa shape index (κ1) is 21.0. The van der Waals surface area contributed by atoms with Gasteiger partial charge in [-0.25, -0.2) is 0 Å². The lowest BCUT2D eigenvalue weighted by Crippen LogP contribution is -2.49. The highest BCUT2D eigenvalue weighted by atomic mass is 16.5. The zero-order valence-corrected chi connectivity index (χ0v) is 17.1. The Morgan fingerprint density at radius 1 is 1.13 bits per heavy atom. The maximum atomic E-state index is 12.9. The summed E-state index contributed by atoms with van der Waals surface area (Å²) in [6.07, 6.45) is 3.24. The standard InChI is InChI=1S/C24H25N3O3/c1-3-15-30-22-10-9-19(17-23(22)29-2)16-20(18-25)24(28)27-13-11-26(12-14-27)21-7-5-4-6-8-21/h3-10,16-17H,1,11-15H2,2H3/b20-16-. The molecule has 0 bridgehead atoms. The number of para-hydroxylation sites is 1. The Bertz CT molecular complexity index is 955. The molecule has 0 aliphatic carbocycles. The number of hydrogen-bond acceptors (Lipinski definition) is 5. The van der Waals surface area contributed by atoms with Gasteiger partial charge in [0.2, 0.25) is 0 Å². The number of methoxy groups -OCH3 is 1. The van der Waals surface area contributed by atoms with Crippen LogP contribution in [-0.2, 0) is 4.79 Å². The van der Waals surface area contributed by atoms with Gasteiger partial charge in [-0.3, -0.25) is 4.79 Å². The summed E-state index contributed by atoms with van der Waals surface area (Å²) in [5, 5.41) is 9.57. The highest BCUT2D eigenvalue weighted by Gasteiger charge is 2.24. The van der Waals surface area contributed by atoms with Gasteiger partial charge < -0.3 is 19.3 Å². The number of amides is 1. The maximum Gasteiger partial charge on any atom is 0.264 e. The summed E-state index contributed by atoms with van der Waals surface area (Å²) in [7, 11) is 1.55. The first-order valence-electron chi connectivity index (χ1n) is 9.79. The van der Waals surface area contributed by atoms with E-state index in [0.717, 1.165) is 18.8 Å². The van der Waals surface area contributed by atoms with Crippen molar-refractivity contribution < 1.29 is 14.3 Å². The number of piperazine rings is 1. The van der Waals surface area contributed by atoms with Crippen LogP contribution in [-0.4, -0.2) is 50.7 Å². The molecular formula is C24H25N3O3. The molecule has 1 saturated heterocycles. The number of benzene rings is 2. The molecule has 0 atom stereocenters. The molecule has 154 valence electrons. The van der Waals surface area contributed by atoms with Crippen LogP contribution in [0.1, 0.15) is 5.56 Å². The fourth-order valence-corrected chi connectivity index (χ4v) is 3.33. The lowest BCUT2D eigenvalue weighted by atomic mass is 10.1. The lowest BCUT2D eigenvalue weighted by Gasteiger charge is -2.36. The molecule has 3 rings (SSSR count). The lowest BCUT2D eigenvalue weighted by molar-refractivity contribution is -0.126.